The Morgan fingerprint density at radius 1 is 1.32 bits per heavy atom. The summed E-state index contributed by atoms with van der Waals surface area (Å²) in [7, 11) is 0. The number of hydrogen-bond donors (Lipinski definition) is 0. The van der Waals surface area contributed by atoms with Crippen molar-refractivity contribution in [3.05, 3.63) is 29.8 Å². The van der Waals surface area contributed by atoms with Crippen LogP contribution in [0.3, 0.4) is 0 Å². The molecular weight excluding hydrogens is 240 g/mol. The van der Waals surface area contributed by atoms with E-state index in [2.05, 4.69) is 0 Å². The van der Waals surface area contributed by atoms with Crippen LogP contribution >= 0.6 is 0 Å². The first-order valence-corrected chi connectivity index (χ1v) is 7.13. The molecule has 0 amide bonds. The lowest BCUT2D eigenvalue weighted by Crippen LogP contribution is -2.07. The van der Waals surface area contributed by atoms with E-state index in [0.29, 0.717) is 18.3 Å². The number of epoxide rings is 1. The lowest BCUT2D eigenvalue weighted by molar-refractivity contribution is -0.134. The Hall–Kier alpha value is -1.35. The van der Waals surface area contributed by atoms with Gasteiger partial charge >= 0.3 is 5.97 Å². The molecule has 2 rings (SSSR count). The van der Waals surface area contributed by atoms with Crippen molar-refractivity contribution in [2.75, 3.05) is 6.61 Å². The van der Waals surface area contributed by atoms with Crippen molar-refractivity contribution >= 4 is 5.97 Å². The first kappa shape index (κ1) is 14.1. The zero-order valence-corrected chi connectivity index (χ0v) is 11.6. The number of esters is 1. The van der Waals surface area contributed by atoms with E-state index in [9.17, 15) is 4.79 Å². The summed E-state index contributed by atoms with van der Waals surface area (Å²) in [5, 5.41) is 0. The number of carbonyl (C=O) groups excluding carboxylic acids is 1. The molecular formula is C16H22O3. The van der Waals surface area contributed by atoms with Gasteiger partial charge in [-0.05, 0) is 37.5 Å². The minimum Gasteiger partial charge on any atom is -0.427 e. The molecule has 1 aliphatic rings. The molecule has 0 aromatic heterocycles. The Kier molecular flexibility index (Phi) is 5.40. The minimum atomic E-state index is -0.129. The molecule has 104 valence electrons. The average Bonchev–Trinajstić information content (AvgIpc) is 3.17. The highest BCUT2D eigenvalue weighted by molar-refractivity contribution is 5.72. The zero-order chi connectivity index (χ0) is 13.5. The second-order valence-electron chi connectivity index (χ2n) is 5.20. The van der Waals surface area contributed by atoms with Crippen molar-refractivity contribution in [3.8, 4) is 5.75 Å². The maximum atomic E-state index is 11.6. The van der Waals surface area contributed by atoms with Crippen LogP contribution in [0.25, 0.3) is 0 Å². The number of unbranched alkanes of at least 4 members (excludes halogenated alkanes) is 3. The van der Waals surface area contributed by atoms with Crippen molar-refractivity contribution in [1.82, 2.24) is 0 Å². The zero-order valence-electron chi connectivity index (χ0n) is 11.6. The molecule has 1 saturated heterocycles. The van der Waals surface area contributed by atoms with Gasteiger partial charge in [-0.15, -0.1) is 0 Å². The number of rotatable bonds is 8. The van der Waals surface area contributed by atoms with Gasteiger partial charge in [0.15, 0.2) is 0 Å². The highest BCUT2D eigenvalue weighted by atomic mass is 16.6. The number of benzene rings is 1. The monoisotopic (exact) mass is 262 g/mol. The van der Waals surface area contributed by atoms with E-state index in [1.807, 2.05) is 31.2 Å². The lowest BCUT2D eigenvalue weighted by atomic mass is 10.1. The van der Waals surface area contributed by atoms with E-state index >= 15 is 0 Å². The molecule has 1 fully saturated rings. The molecule has 3 heteroatoms. The predicted octanol–water partition coefficient (Wildman–Crippen LogP) is 3.64. The second kappa shape index (κ2) is 7.29. The van der Waals surface area contributed by atoms with Crippen LogP contribution in [0.1, 0.15) is 44.1 Å². The molecule has 1 atom stereocenters. The summed E-state index contributed by atoms with van der Waals surface area (Å²) in [6.07, 6.45) is 6.61. The predicted molar refractivity (Wildman–Crippen MR) is 74.3 cm³/mol. The van der Waals surface area contributed by atoms with Crippen LogP contribution in [0.4, 0.5) is 0 Å². The molecule has 1 unspecified atom stereocenters. The molecule has 0 radical (unpaired) electrons. The fourth-order valence-electron chi connectivity index (χ4n) is 2.09. The van der Waals surface area contributed by atoms with Gasteiger partial charge in [0.2, 0.25) is 0 Å². The van der Waals surface area contributed by atoms with Crippen LogP contribution in [0, 0.1) is 6.92 Å². The number of aryl methyl sites for hydroxylation is 1. The molecule has 0 saturated carbocycles. The molecule has 0 bridgehead atoms. The van der Waals surface area contributed by atoms with E-state index in [1.54, 1.807) is 0 Å². The summed E-state index contributed by atoms with van der Waals surface area (Å²) in [6, 6.07) is 7.59. The third-order valence-electron chi connectivity index (χ3n) is 3.28. The molecule has 0 aliphatic carbocycles. The summed E-state index contributed by atoms with van der Waals surface area (Å²) < 4.78 is 10.4. The van der Waals surface area contributed by atoms with Crippen LogP contribution in [0.5, 0.6) is 5.75 Å². The van der Waals surface area contributed by atoms with Gasteiger partial charge in [-0.2, -0.15) is 0 Å². The van der Waals surface area contributed by atoms with Crippen molar-refractivity contribution in [1.29, 1.82) is 0 Å². The van der Waals surface area contributed by atoms with E-state index in [4.69, 9.17) is 9.47 Å². The molecule has 3 nitrogen and oxygen atoms in total. The first-order chi connectivity index (χ1) is 9.24. The maximum absolute atomic E-state index is 11.6. The number of hydrogen-bond acceptors (Lipinski definition) is 3. The van der Waals surface area contributed by atoms with Crippen LogP contribution in [0.15, 0.2) is 24.3 Å². The van der Waals surface area contributed by atoms with Gasteiger partial charge in [0.05, 0.1) is 12.7 Å². The van der Waals surface area contributed by atoms with Crippen LogP contribution < -0.4 is 4.74 Å². The highest BCUT2D eigenvalue weighted by Gasteiger charge is 2.20. The normalized spacial score (nSPS) is 17.2. The van der Waals surface area contributed by atoms with Gasteiger partial charge in [-0.3, -0.25) is 4.79 Å². The summed E-state index contributed by atoms with van der Waals surface area (Å²) in [6.45, 7) is 2.93. The smallest absolute Gasteiger partial charge is 0.311 e. The molecule has 0 spiro atoms. The molecule has 0 N–H and O–H groups in total. The van der Waals surface area contributed by atoms with Crippen LogP contribution in [-0.2, 0) is 9.53 Å². The SMILES string of the molecule is Cc1cccc(OC(=O)CCCCCCC2CO2)c1. The Balaban J connectivity index is 1.53. The van der Waals surface area contributed by atoms with Gasteiger partial charge in [-0.25, -0.2) is 0 Å². The Morgan fingerprint density at radius 2 is 2.11 bits per heavy atom. The molecule has 1 aromatic rings. The second-order valence-corrected chi connectivity index (χ2v) is 5.20. The van der Waals surface area contributed by atoms with Gasteiger partial charge in [0.1, 0.15) is 5.75 Å². The fraction of sp³-hybridized carbons (Fsp3) is 0.562. The summed E-state index contributed by atoms with van der Waals surface area (Å²) >= 11 is 0. The van der Waals surface area contributed by atoms with E-state index in [1.165, 1.54) is 19.3 Å². The lowest BCUT2D eigenvalue weighted by Gasteiger charge is -2.05. The van der Waals surface area contributed by atoms with Crippen molar-refractivity contribution in [3.63, 3.8) is 0 Å². The van der Waals surface area contributed by atoms with E-state index in [0.717, 1.165) is 25.0 Å². The summed E-state index contributed by atoms with van der Waals surface area (Å²) in [5.41, 5.74) is 1.10. The van der Waals surface area contributed by atoms with Crippen LogP contribution in [-0.4, -0.2) is 18.7 Å². The maximum Gasteiger partial charge on any atom is 0.311 e. The Morgan fingerprint density at radius 3 is 2.84 bits per heavy atom. The van der Waals surface area contributed by atoms with Crippen LogP contribution in [0.2, 0.25) is 0 Å². The molecule has 1 aliphatic heterocycles. The molecule has 1 aromatic carbocycles. The van der Waals surface area contributed by atoms with Gasteiger partial charge < -0.3 is 9.47 Å². The minimum absolute atomic E-state index is 0.129. The fourth-order valence-corrected chi connectivity index (χ4v) is 2.09. The van der Waals surface area contributed by atoms with Gasteiger partial charge in [0.25, 0.3) is 0 Å². The summed E-state index contributed by atoms with van der Waals surface area (Å²) in [4.78, 5) is 11.6. The van der Waals surface area contributed by atoms with E-state index in [-0.39, 0.29) is 5.97 Å². The Bertz CT molecular complexity index is 410. The summed E-state index contributed by atoms with van der Waals surface area (Å²) in [5.74, 6) is 0.520. The molecule has 19 heavy (non-hydrogen) atoms. The van der Waals surface area contributed by atoms with Crippen molar-refractivity contribution < 1.29 is 14.3 Å². The van der Waals surface area contributed by atoms with E-state index < -0.39 is 0 Å². The largest absolute Gasteiger partial charge is 0.427 e. The third-order valence-corrected chi connectivity index (χ3v) is 3.28. The molecule has 1 heterocycles. The number of carbonyl (C=O) groups is 1. The number of ether oxygens (including phenoxy) is 2. The van der Waals surface area contributed by atoms with Crippen molar-refractivity contribution in [2.45, 2.75) is 51.6 Å². The quantitative estimate of drug-likeness (QED) is 0.311. The third kappa shape index (κ3) is 5.88. The van der Waals surface area contributed by atoms with Gasteiger partial charge in [-0.1, -0.05) is 31.4 Å². The topological polar surface area (TPSA) is 38.8 Å². The van der Waals surface area contributed by atoms with Gasteiger partial charge in [0, 0.05) is 6.42 Å². The first-order valence-electron chi connectivity index (χ1n) is 7.13. The van der Waals surface area contributed by atoms with Crippen molar-refractivity contribution in [2.24, 2.45) is 0 Å². The average molecular weight is 262 g/mol. The Labute approximate surface area is 114 Å². The highest BCUT2D eigenvalue weighted by Crippen LogP contribution is 2.18. The standard InChI is InChI=1S/C16H22O3/c1-13-7-6-9-14(11-13)19-16(17)10-5-3-2-4-8-15-12-18-15/h6-7,9,11,15H,2-5,8,10,12H2,1H3.